The van der Waals surface area contributed by atoms with Crippen molar-refractivity contribution < 1.29 is 14.6 Å². The quantitative estimate of drug-likeness (QED) is 0.257. The molecule has 2 N–H and O–H groups in total. The molecule has 33 heavy (non-hydrogen) atoms. The number of aliphatic carboxylic acids is 1. The molecule has 4 rings (SSSR count). The van der Waals surface area contributed by atoms with Crippen LogP contribution in [0.3, 0.4) is 0 Å². The van der Waals surface area contributed by atoms with E-state index in [-0.39, 0.29) is 31.2 Å². The first-order chi connectivity index (χ1) is 15.2. The Morgan fingerprint density at radius 1 is 1.09 bits per heavy atom. The fourth-order valence-corrected chi connectivity index (χ4v) is 4.17. The standard InChI is InChI=1S/C22H18N4O3S2.2ClH/c27-20(28)7-6-15-14-30-22(25-15)26-21-19(29-16-4-2-1-3-5-16)12-18(13-24-21)31-17-8-10-23-11-9-17;;/h1-5,8-14H,6-7H2,(H,27,28)(H,24,25,26);2*1H. The Morgan fingerprint density at radius 3 is 2.58 bits per heavy atom. The number of halogens is 2. The highest BCUT2D eigenvalue weighted by Crippen LogP contribution is 2.36. The summed E-state index contributed by atoms with van der Waals surface area (Å²) in [6, 6.07) is 15.3. The van der Waals surface area contributed by atoms with Gasteiger partial charge in [-0.1, -0.05) is 30.0 Å². The second-order valence-electron chi connectivity index (χ2n) is 6.38. The maximum atomic E-state index is 10.8. The van der Waals surface area contributed by atoms with E-state index in [1.807, 2.05) is 53.9 Å². The second kappa shape index (κ2) is 13.0. The number of pyridine rings is 2. The predicted octanol–water partition coefficient (Wildman–Crippen LogP) is 6.48. The summed E-state index contributed by atoms with van der Waals surface area (Å²) < 4.78 is 6.09. The number of nitrogens with zero attached hydrogens (tertiary/aromatic N) is 3. The van der Waals surface area contributed by atoms with Crippen molar-refractivity contribution in [3.63, 3.8) is 0 Å². The summed E-state index contributed by atoms with van der Waals surface area (Å²) in [5, 5.41) is 14.5. The Morgan fingerprint density at radius 2 is 1.85 bits per heavy atom. The fourth-order valence-electron chi connectivity index (χ4n) is 2.63. The van der Waals surface area contributed by atoms with Crippen LogP contribution in [0.1, 0.15) is 12.1 Å². The van der Waals surface area contributed by atoms with Gasteiger partial charge in [-0.2, -0.15) is 0 Å². The molecule has 0 radical (unpaired) electrons. The van der Waals surface area contributed by atoms with Crippen LogP contribution >= 0.6 is 47.9 Å². The van der Waals surface area contributed by atoms with Gasteiger partial charge in [-0.3, -0.25) is 9.78 Å². The van der Waals surface area contributed by atoms with Crippen LogP contribution in [0.5, 0.6) is 11.5 Å². The van der Waals surface area contributed by atoms with Gasteiger partial charge in [-0.15, -0.1) is 36.2 Å². The summed E-state index contributed by atoms with van der Waals surface area (Å²) in [5.41, 5.74) is 0.727. The average Bonchev–Trinajstić information content (AvgIpc) is 3.23. The Hall–Kier alpha value is -2.85. The summed E-state index contributed by atoms with van der Waals surface area (Å²) >= 11 is 2.96. The number of nitrogens with one attached hydrogen (secondary N) is 1. The molecular weight excluding hydrogens is 503 g/mol. The van der Waals surface area contributed by atoms with E-state index in [1.165, 1.54) is 11.3 Å². The van der Waals surface area contributed by atoms with E-state index in [0.29, 0.717) is 28.9 Å². The van der Waals surface area contributed by atoms with Gasteiger partial charge in [-0.05, 0) is 24.3 Å². The number of hydrogen-bond donors (Lipinski definition) is 2. The van der Waals surface area contributed by atoms with E-state index in [1.54, 1.807) is 30.4 Å². The molecule has 0 unspecified atom stereocenters. The molecule has 0 fully saturated rings. The topological polar surface area (TPSA) is 97.2 Å². The van der Waals surface area contributed by atoms with Gasteiger partial charge < -0.3 is 15.2 Å². The largest absolute Gasteiger partial charge is 0.481 e. The lowest BCUT2D eigenvalue weighted by Gasteiger charge is -2.12. The van der Waals surface area contributed by atoms with Gasteiger partial charge >= 0.3 is 5.97 Å². The molecule has 0 aliphatic heterocycles. The van der Waals surface area contributed by atoms with Crippen LogP contribution in [0.4, 0.5) is 10.9 Å². The maximum absolute atomic E-state index is 10.8. The van der Waals surface area contributed by atoms with Gasteiger partial charge in [0.05, 0.1) is 12.1 Å². The first-order valence-corrected chi connectivity index (χ1v) is 11.1. The number of thiazole rings is 1. The zero-order chi connectivity index (χ0) is 21.5. The fraction of sp³-hybridized carbons (Fsp3) is 0.0909. The third kappa shape index (κ3) is 7.90. The molecule has 0 saturated carbocycles. The zero-order valence-electron chi connectivity index (χ0n) is 17.1. The van der Waals surface area contributed by atoms with Crippen LogP contribution in [0, 0.1) is 0 Å². The third-order valence-corrected chi connectivity index (χ3v) is 5.83. The second-order valence-corrected chi connectivity index (χ2v) is 8.39. The van der Waals surface area contributed by atoms with Gasteiger partial charge in [0.1, 0.15) is 5.75 Å². The van der Waals surface area contributed by atoms with Crippen molar-refractivity contribution >= 4 is 64.8 Å². The number of rotatable bonds is 9. The van der Waals surface area contributed by atoms with Gasteiger partial charge in [0.25, 0.3) is 0 Å². The third-order valence-electron chi connectivity index (χ3n) is 4.06. The highest BCUT2D eigenvalue weighted by Gasteiger charge is 2.12. The minimum Gasteiger partial charge on any atom is -0.481 e. The van der Waals surface area contributed by atoms with E-state index in [0.717, 1.165) is 15.5 Å². The number of benzene rings is 1. The SMILES string of the molecule is Cl.Cl.O=C(O)CCc1csc(Nc2ncc(Sc3ccncc3)cc2Oc2ccccc2)n1. The van der Waals surface area contributed by atoms with E-state index in [4.69, 9.17) is 9.84 Å². The molecule has 0 bridgehead atoms. The number of carboxylic acids is 1. The van der Waals surface area contributed by atoms with Crippen LogP contribution in [0.2, 0.25) is 0 Å². The molecular formula is C22H20Cl2N4O3S2. The first kappa shape index (κ1) is 26.4. The van der Waals surface area contributed by atoms with Crippen LogP contribution in [0.25, 0.3) is 0 Å². The normalized spacial score (nSPS) is 9.94. The number of carboxylic acid groups (broad SMARTS) is 1. The monoisotopic (exact) mass is 522 g/mol. The number of aromatic nitrogens is 3. The number of ether oxygens (including phenoxy) is 1. The molecule has 11 heteroatoms. The summed E-state index contributed by atoms with van der Waals surface area (Å²) in [4.78, 5) is 25.8. The number of carbonyl (C=O) groups is 1. The van der Waals surface area contributed by atoms with Gasteiger partial charge in [-0.25, -0.2) is 9.97 Å². The van der Waals surface area contributed by atoms with Crippen LogP contribution in [-0.4, -0.2) is 26.0 Å². The van der Waals surface area contributed by atoms with Gasteiger partial charge in [0.2, 0.25) is 0 Å². The maximum Gasteiger partial charge on any atom is 0.303 e. The van der Waals surface area contributed by atoms with Crippen molar-refractivity contribution in [3.8, 4) is 11.5 Å². The highest BCUT2D eigenvalue weighted by atomic mass is 35.5. The minimum absolute atomic E-state index is 0. The molecule has 4 aromatic rings. The number of hydrogen-bond acceptors (Lipinski definition) is 8. The Balaban J connectivity index is 0.00000193. The average molecular weight is 523 g/mol. The van der Waals surface area contributed by atoms with Crippen molar-refractivity contribution in [2.75, 3.05) is 5.32 Å². The van der Waals surface area contributed by atoms with Crippen molar-refractivity contribution in [2.45, 2.75) is 22.6 Å². The zero-order valence-corrected chi connectivity index (χ0v) is 20.3. The molecule has 0 saturated heterocycles. The van der Waals surface area contributed by atoms with E-state index in [2.05, 4.69) is 20.3 Å². The van der Waals surface area contributed by atoms with Crippen LogP contribution in [-0.2, 0) is 11.2 Å². The van der Waals surface area contributed by atoms with E-state index >= 15 is 0 Å². The molecule has 0 atom stereocenters. The predicted molar refractivity (Wildman–Crippen MR) is 135 cm³/mol. The highest BCUT2D eigenvalue weighted by molar-refractivity contribution is 7.99. The molecule has 3 aromatic heterocycles. The Bertz CT molecular complexity index is 1160. The molecule has 3 heterocycles. The van der Waals surface area contributed by atoms with Crippen LogP contribution in [0.15, 0.2) is 82.3 Å². The smallest absolute Gasteiger partial charge is 0.303 e. The lowest BCUT2D eigenvalue weighted by molar-refractivity contribution is -0.136. The van der Waals surface area contributed by atoms with Gasteiger partial charge in [0.15, 0.2) is 16.7 Å². The summed E-state index contributed by atoms with van der Waals surface area (Å²) in [7, 11) is 0. The molecule has 1 aromatic carbocycles. The molecule has 0 amide bonds. The lowest BCUT2D eigenvalue weighted by atomic mass is 10.2. The summed E-state index contributed by atoms with van der Waals surface area (Å²) in [6.45, 7) is 0. The molecule has 0 spiro atoms. The minimum atomic E-state index is -0.843. The summed E-state index contributed by atoms with van der Waals surface area (Å²) in [5.74, 6) is 0.944. The number of aryl methyl sites for hydroxylation is 1. The lowest BCUT2D eigenvalue weighted by Crippen LogP contribution is -1.99. The number of anilines is 2. The van der Waals surface area contributed by atoms with Crippen molar-refractivity contribution in [3.05, 3.63) is 78.2 Å². The summed E-state index contributed by atoms with van der Waals surface area (Å²) in [6.07, 6.45) is 5.69. The molecule has 7 nitrogen and oxygen atoms in total. The molecule has 0 aliphatic carbocycles. The number of para-hydroxylation sites is 1. The Labute approximate surface area is 211 Å². The Kier molecular flexibility index (Phi) is 10.4. The van der Waals surface area contributed by atoms with E-state index in [9.17, 15) is 4.79 Å². The van der Waals surface area contributed by atoms with Crippen molar-refractivity contribution in [1.29, 1.82) is 0 Å². The van der Waals surface area contributed by atoms with E-state index < -0.39 is 5.97 Å². The van der Waals surface area contributed by atoms with Gasteiger partial charge in [0, 0.05) is 46.2 Å². The van der Waals surface area contributed by atoms with Crippen molar-refractivity contribution in [2.24, 2.45) is 0 Å². The molecule has 172 valence electrons. The molecule has 0 aliphatic rings. The van der Waals surface area contributed by atoms with Crippen molar-refractivity contribution in [1.82, 2.24) is 15.0 Å². The first-order valence-electron chi connectivity index (χ1n) is 9.40. The van der Waals surface area contributed by atoms with Crippen LogP contribution < -0.4 is 10.1 Å².